The van der Waals surface area contributed by atoms with Gasteiger partial charge in [-0.3, -0.25) is 0 Å². The maximum atomic E-state index is 14.0. The smallest absolute Gasteiger partial charge is 0.174 e. The van der Waals surface area contributed by atoms with Gasteiger partial charge in [0.2, 0.25) is 0 Å². The zero-order valence-electron chi connectivity index (χ0n) is 21.4. The molecule has 0 amide bonds. The molecule has 2 atom stereocenters. The second-order valence-corrected chi connectivity index (χ2v) is 11.1. The third-order valence-corrected chi connectivity index (χ3v) is 8.36. The lowest BCUT2D eigenvalue weighted by molar-refractivity contribution is 0.171. The summed E-state index contributed by atoms with van der Waals surface area (Å²) in [6.45, 7) is 3.32. The minimum absolute atomic E-state index is 0.137. The summed E-state index contributed by atoms with van der Waals surface area (Å²) in [6.07, 6.45) is 3.89. The van der Waals surface area contributed by atoms with Crippen molar-refractivity contribution in [3.8, 4) is 11.5 Å². The Labute approximate surface area is 230 Å². The van der Waals surface area contributed by atoms with Crippen LogP contribution in [0.15, 0.2) is 94.0 Å². The van der Waals surface area contributed by atoms with E-state index in [1.54, 1.807) is 23.9 Å². The average molecular weight is 541 g/mol. The van der Waals surface area contributed by atoms with Crippen LogP contribution in [-0.4, -0.2) is 23.3 Å². The molecule has 39 heavy (non-hydrogen) atoms. The van der Waals surface area contributed by atoms with Crippen LogP contribution in [-0.2, 0) is 0 Å². The maximum absolute atomic E-state index is 14.0. The monoisotopic (exact) mass is 540 g/mol. The molecule has 0 fully saturated rings. The first-order valence-corrected chi connectivity index (χ1v) is 14.0. The van der Waals surface area contributed by atoms with Crippen molar-refractivity contribution in [1.82, 2.24) is 4.90 Å². The van der Waals surface area contributed by atoms with Gasteiger partial charge in [-0.05, 0) is 89.6 Å². The maximum Gasteiger partial charge on any atom is 0.174 e. The molecule has 3 aliphatic heterocycles. The summed E-state index contributed by atoms with van der Waals surface area (Å²) in [7, 11) is 0. The summed E-state index contributed by atoms with van der Waals surface area (Å²) in [4.78, 5) is 7.49. The van der Waals surface area contributed by atoms with Gasteiger partial charge < -0.3 is 14.4 Å². The molecule has 0 radical (unpaired) electrons. The van der Waals surface area contributed by atoms with E-state index in [-0.39, 0.29) is 17.7 Å². The van der Waals surface area contributed by atoms with Crippen LogP contribution in [0.2, 0.25) is 0 Å². The quantitative estimate of drug-likeness (QED) is 0.338. The van der Waals surface area contributed by atoms with E-state index in [1.807, 2.05) is 24.3 Å². The lowest BCUT2D eigenvalue weighted by Crippen LogP contribution is -2.35. The average Bonchev–Trinajstić information content (AvgIpc) is 3.37. The predicted molar refractivity (Wildman–Crippen MR) is 151 cm³/mol. The highest BCUT2D eigenvalue weighted by atomic mass is 32.2. The van der Waals surface area contributed by atoms with Crippen molar-refractivity contribution in [2.45, 2.75) is 25.8 Å². The molecular weight excluding hydrogens is 514 g/mol. The number of rotatable bonds is 3. The zero-order valence-corrected chi connectivity index (χ0v) is 22.2. The van der Waals surface area contributed by atoms with E-state index in [9.17, 15) is 8.78 Å². The van der Waals surface area contributed by atoms with E-state index >= 15 is 0 Å². The van der Waals surface area contributed by atoms with E-state index in [1.165, 1.54) is 29.8 Å². The molecule has 0 aromatic heterocycles. The SMILES string of the molecule is CC1CC2=C(N=C3SC=C(c4ccc5c(c4)OCCO5)N3C2c2ccc(F)cc2)/C(=C/c2ccc(F)cc2)C1. The van der Waals surface area contributed by atoms with Crippen LogP contribution in [0.25, 0.3) is 11.8 Å². The summed E-state index contributed by atoms with van der Waals surface area (Å²) in [6, 6.07) is 19.3. The van der Waals surface area contributed by atoms with Gasteiger partial charge in [0, 0.05) is 11.0 Å². The van der Waals surface area contributed by atoms with Crippen LogP contribution in [0.5, 0.6) is 11.5 Å². The predicted octanol–water partition coefficient (Wildman–Crippen LogP) is 7.96. The third-order valence-electron chi connectivity index (χ3n) is 7.52. The second kappa shape index (κ2) is 9.72. The van der Waals surface area contributed by atoms with Crippen molar-refractivity contribution in [2.75, 3.05) is 13.2 Å². The first kappa shape index (κ1) is 24.2. The second-order valence-electron chi connectivity index (χ2n) is 10.3. The Balaban J connectivity index is 1.36. The van der Waals surface area contributed by atoms with Gasteiger partial charge in [-0.25, -0.2) is 13.8 Å². The molecule has 196 valence electrons. The standard InChI is InChI=1S/C32H26F2N2O2S/c1-19-14-23(16-20-2-7-24(33)8-3-20)30-26(15-19)31(21-4-9-25(34)10-5-21)36-27(18-39-32(36)35-30)22-6-11-28-29(17-22)38-13-12-37-28/h2-11,16-19,31H,12-15H2,1H3/b23-16+. The van der Waals surface area contributed by atoms with Crippen molar-refractivity contribution in [2.24, 2.45) is 10.9 Å². The number of aliphatic imine (C=N–C) groups is 1. The number of hydrogen-bond acceptors (Lipinski definition) is 5. The first-order valence-electron chi connectivity index (χ1n) is 13.1. The highest BCUT2D eigenvalue weighted by Crippen LogP contribution is 2.52. The summed E-state index contributed by atoms with van der Waals surface area (Å²) < 4.78 is 39.2. The first-order chi connectivity index (χ1) is 19.0. The number of ether oxygens (including phenoxy) is 2. The zero-order chi connectivity index (χ0) is 26.5. The van der Waals surface area contributed by atoms with Crippen molar-refractivity contribution in [1.29, 1.82) is 0 Å². The molecule has 2 unspecified atom stereocenters. The molecule has 7 rings (SSSR count). The van der Waals surface area contributed by atoms with E-state index < -0.39 is 0 Å². The van der Waals surface area contributed by atoms with Gasteiger partial charge in [0.1, 0.15) is 24.8 Å². The molecule has 0 bridgehead atoms. The molecule has 0 saturated heterocycles. The number of benzene rings is 3. The number of fused-ring (bicyclic) bond motifs is 2. The van der Waals surface area contributed by atoms with Crippen molar-refractivity contribution >= 4 is 28.7 Å². The molecular formula is C32H26F2N2O2S. The Morgan fingerprint density at radius 2 is 1.62 bits per heavy atom. The Bertz CT molecular complexity index is 1570. The van der Waals surface area contributed by atoms with Gasteiger partial charge >= 0.3 is 0 Å². The minimum Gasteiger partial charge on any atom is -0.486 e. The Morgan fingerprint density at radius 1 is 0.897 bits per heavy atom. The fourth-order valence-electron chi connectivity index (χ4n) is 5.81. The van der Waals surface area contributed by atoms with Crippen LogP contribution >= 0.6 is 11.8 Å². The highest BCUT2D eigenvalue weighted by molar-refractivity contribution is 8.16. The van der Waals surface area contributed by atoms with Gasteiger partial charge in [-0.2, -0.15) is 0 Å². The van der Waals surface area contributed by atoms with Crippen molar-refractivity contribution in [3.05, 3.63) is 117 Å². The van der Waals surface area contributed by atoms with E-state index in [0.717, 1.165) is 63.2 Å². The Kier molecular flexibility index (Phi) is 6.04. The number of halogens is 2. The lowest BCUT2D eigenvalue weighted by Gasteiger charge is -2.41. The number of allylic oxidation sites excluding steroid dienone is 1. The molecule has 4 nitrogen and oxygen atoms in total. The summed E-state index contributed by atoms with van der Waals surface area (Å²) in [5, 5.41) is 3.01. The lowest BCUT2D eigenvalue weighted by atomic mass is 9.78. The molecule has 0 saturated carbocycles. The van der Waals surface area contributed by atoms with Gasteiger partial charge in [-0.15, -0.1) is 0 Å². The molecule has 7 heteroatoms. The van der Waals surface area contributed by atoms with Crippen LogP contribution < -0.4 is 9.47 Å². The third kappa shape index (κ3) is 4.44. The van der Waals surface area contributed by atoms with Gasteiger partial charge in [-0.1, -0.05) is 43.0 Å². The van der Waals surface area contributed by atoms with Crippen LogP contribution in [0.4, 0.5) is 8.78 Å². The van der Waals surface area contributed by atoms with E-state index in [2.05, 4.69) is 29.4 Å². The molecule has 4 aliphatic rings. The summed E-state index contributed by atoms with van der Waals surface area (Å²) >= 11 is 1.59. The highest BCUT2D eigenvalue weighted by Gasteiger charge is 2.41. The van der Waals surface area contributed by atoms with Gasteiger partial charge in [0.15, 0.2) is 16.7 Å². The minimum atomic E-state index is -0.259. The van der Waals surface area contributed by atoms with Gasteiger partial charge in [0.05, 0.1) is 17.4 Å². The molecule has 0 N–H and O–H groups in total. The van der Waals surface area contributed by atoms with Crippen molar-refractivity contribution < 1.29 is 18.3 Å². The normalized spacial score (nSPS) is 22.8. The van der Waals surface area contributed by atoms with Crippen LogP contribution in [0, 0.1) is 17.6 Å². The molecule has 3 aromatic rings. The fourth-order valence-corrected chi connectivity index (χ4v) is 6.73. The topological polar surface area (TPSA) is 34.1 Å². The molecule has 1 aliphatic carbocycles. The molecule has 3 heterocycles. The molecule has 3 aromatic carbocycles. The number of amidine groups is 1. The van der Waals surface area contributed by atoms with Crippen LogP contribution in [0.3, 0.4) is 0 Å². The Hall–Kier alpha value is -3.84. The van der Waals surface area contributed by atoms with Crippen molar-refractivity contribution in [3.63, 3.8) is 0 Å². The summed E-state index contributed by atoms with van der Waals surface area (Å²) in [5.41, 5.74) is 7.34. The van der Waals surface area contributed by atoms with Gasteiger partial charge in [0.25, 0.3) is 0 Å². The number of nitrogens with zero attached hydrogens (tertiary/aromatic N) is 2. The van der Waals surface area contributed by atoms with E-state index in [4.69, 9.17) is 14.5 Å². The largest absolute Gasteiger partial charge is 0.486 e. The Morgan fingerprint density at radius 3 is 2.38 bits per heavy atom. The molecule has 0 spiro atoms. The summed E-state index contributed by atoms with van der Waals surface area (Å²) in [5.74, 6) is 1.37. The van der Waals surface area contributed by atoms with Crippen LogP contribution in [0.1, 0.15) is 42.5 Å². The number of thioether (sulfide) groups is 1. The fraction of sp³-hybridized carbons (Fsp3) is 0.219. The van der Waals surface area contributed by atoms with E-state index in [0.29, 0.717) is 19.1 Å². The number of hydrogen-bond donors (Lipinski definition) is 0.